The van der Waals surface area contributed by atoms with E-state index in [1.54, 1.807) is 8.61 Å². The molecule has 0 aromatic carbocycles. The summed E-state index contributed by atoms with van der Waals surface area (Å²) in [5.41, 5.74) is 0. The van der Waals surface area contributed by atoms with Gasteiger partial charge in [0.1, 0.15) is 0 Å². The van der Waals surface area contributed by atoms with Crippen LogP contribution < -0.4 is 5.32 Å². The van der Waals surface area contributed by atoms with E-state index in [1.807, 2.05) is 0 Å². The van der Waals surface area contributed by atoms with E-state index in [2.05, 4.69) is 19.2 Å². The predicted molar refractivity (Wildman–Crippen MR) is 77.2 cm³/mol. The van der Waals surface area contributed by atoms with E-state index < -0.39 is 10.2 Å². The van der Waals surface area contributed by atoms with E-state index in [1.165, 1.54) is 0 Å². The molecule has 0 radical (unpaired) electrons. The smallest absolute Gasteiger partial charge is 0.282 e. The third kappa shape index (κ3) is 3.29. The molecule has 2 saturated heterocycles. The average molecular weight is 289 g/mol. The largest absolute Gasteiger partial charge is 0.313 e. The van der Waals surface area contributed by atoms with Crippen LogP contribution in [-0.2, 0) is 10.2 Å². The molecule has 0 aromatic rings. The van der Waals surface area contributed by atoms with Crippen LogP contribution in [0.5, 0.6) is 0 Å². The van der Waals surface area contributed by atoms with Crippen LogP contribution >= 0.6 is 0 Å². The van der Waals surface area contributed by atoms with Gasteiger partial charge in [-0.2, -0.15) is 17.0 Å². The van der Waals surface area contributed by atoms with Crippen molar-refractivity contribution in [2.45, 2.75) is 58.0 Å². The molecule has 0 aromatic heterocycles. The van der Waals surface area contributed by atoms with Crippen molar-refractivity contribution in [3.63, 3.8) is 0 Å². The lowest BCUT2D eigenvalue weighted by atomic mass is 9.99. The molecular weight excluding hydrogens is 262 g/mol. The number of nitrogens with one attached hydrogen (secondary N) is 1. The number of likely N-dealkylation sites (N-methyl/N-ethyl adjacent to an activating group) is 1. The van der Waals surface area contributed by atoms with Crippen molar-refractivity contribution in [3.8, 4) is 0 Å². The lowest BCUT2D eigenvalue weighted by molar-refractivity contribution is 0.198. The van der Waals surface area contributed by atoms with Crippen LogP contribution in [0.3, 0.4) is 0 Å². The van der Waals surface area contributed by atoms with E-state index in [0.717, 1.165) is 38.6 Å². The summed E-state index contributed by atoms with van der Waals surface area (Å²) < 4.78 is 28.9. The van der Waals surface area contributed by atoms with Crippen LogP contribution in [0.15, 0.2) is 0 Å². The number of hydrogen-bond donors (Lipinski definition) is 1. The molecule has 2 aliphatic heterocycles. The van der Waals surface area contributed by atoms with Gasteiger partial charge in [0.25, 0.3) is 10.2 Å². The molecule has 0 spiro atoms. The lowest BCUT2D eigenvalue weighted by Crippen LogP contribution is -2.56. The fraction of sp³-hybridized carbons (Fsp3) is 1.00. The molecule has 2 atom stereocenters. The van der Waals surface area contributed by atoms with Gasteiger partial charge in [-0.3, -0.25) is 0 Å². The predicted octanol–water partition coefficient (Wildman–Crippen LogP) is 1.18. The van der Waals surface area contributed by atoms with Crippen LogP contribution in [0.2, 0.25) is 0 Å². The Balaban J connectivity index is 2.14. The molecule has 2 rings (SSSR count). The Morgan fingerprint density at radius 1 is 1.16 bits per heavy atom. The monoisotopic (exact) mass is 289 g/mol. The van der Waals surface area contributed by atoms with Gasteiger partial charge >= 0.3 is 0 Å². The van der Waals surface area contributed by atoms with Gasteiger partial charge in [-0.05, 0) is 39.2 Å². The van der Waals surface area contributed by atoms with Crippen molar-refractivity contribution in [2.75, 3.05) is 26.2 Å². The molecule has 2 heterocycles. The average Bonchev–Trinajstić information content (AvgIpc) is 2.93. The Bertz CT molecular complexity index is 379. The maximum Gasteiger partial charge on any atom is 0.282 e. The fourth-order valence-corrected chi connectivity index (χ4v) is 5.25. The Kier molecular flexibility index (Phi) is 5.22. The van der Waals surface area contributed by atoms with Gasteiger partial charge in [0, 0.05) is 31.7 Å². The maximum absolute atomic E-state index is 12.7. The van der Waals surface area contributed by atoms with Gasteiger partial charge in [-0.25, -0.2) is 0 Å². The first-order chi connectivity index (χ1) is 9.07. The summed E-state index contributed by atoms with van der Waals surface area (Å²) in [5, 5.41) is 3.38. The Hall–Kier alpha value is -0.170. The molecule has 19 heavy (non-hydrogen) atoms. The molecule has 6 heteroatoms. The van der Waals surface area contributed by atoms with E-state index in [4.69, 9.17) is 0 Å². The van der Waals surface area contributed by atoms with E-state index >= 15 is 0 Å². The Morgan fingerprint density at radius 3 is 2.42 bits per heavy atom. The lowest BCUT2D eigenvalue weighted by Gasteiger charge is -2.40. The van der Waals surface area contributed by atoms with Gasteiger partial charge in [-0.15, -0.1) is 0 Å². The van der Waals surface area contributed by atoms with Crippen LogP contribution in [-0.4, -0.2) is 55.3 Å². The number of hydrogen-bond acceptors (Lipinski definition) is 3. The second-order valence-electron chi connectivity index (χ2n) is 5.63. The molecular formula is C13H27N3O2S. The summed E-state index contributed by atoms with van der Waals surface area (Å²) in [4.78, 5) is 0. The summed E-state index contributed by atoms with van der Waals surface area (Å²) in [6.07, 6.45) is 5.09. The molecule has 2 unspecified atom stereocenters. The zero-order chi connectivity index (χ0) is 13.9. The molecule has 5 nitrogen and oxygen atoms in total. The highest BCUT2D eigenvalue weighted by Gasteiger charge is 2.39. The first-order valence-corrected chi connectivity index (χ1v) is 8.97. The molecule has 0 saturated carbocycles. The van der Waals surface area contributed by atoms with Crippen molar-refractivity contribution < 1.29 is 8.42 Å². The minimum absolute atomic E-state index is 0.110. The number of nitrogens with zero attached hydrogens (tertiary/aromatic N) is 2. The summed E-state index contributed by atoms with van der Waals surface area (Å²) in [6.45, 7) is 7.13. The molecule has 0 bridgehead atoms. The van der Waals surface area contributed by atoms with E-state index in [0.29, 0.717) is 19.6 Å². The number of rotatable bonds is 5. The summed E-state index contributed by atoms with van der Waals surface area (Å²) >= 11 is 0. The van der Waals surface area contributed by atoms with Crippen LogP contribution in [0.25, 0.3) is 0 Å². The quantitative estimate of drug-likeness (QED) is 0.827. The van der Waals surface area contributed by atoms with Crippen molar-refractivity contribution in [2.24, 2.45) is 0 Å². The fourth-order valence-electron chi connectivity index (χ4n) is 3.24. The Labute approximate surface area is 117 Å². The van der Waals surface area contributed by atoms with Crippen LogP contribution in [0.4, 0.5) is 0 Å². The highest BCUT2D eigenvalue weighted by molar-refractivity contribution is 7.86. The van der Waals surface area contributed by atoms with Crippen LogP contribution in [0, 0.1) is 0 Å². The van der Waals surface area contributed by atoms with Gasteiger partial charge in [-0.1, -0.05) is 13.3 Å². The van der Waals surface area contributed by atoms with E-state index in [-0.39, 0.29) is 12.1 Å². The number of piperidine rings is 1. The van der Waals surface area contributed by atoms with Gasteiger partial charge in [0.15, 0.2) is 0 Å². The first kappa shape index (κ1) is 15.2. The molecule has 2 aliphatic rings. The standard InChI is InChI=1S/C13H27N3O2S/c1-3-14-12(2)13-8-4-5-11-16(13)19(17,18)15-9-6-7-10-15/h12-14H,3-11H2,1-2H3. The molecule has 2 fully saturated rings. The second-order valence-corrected chi connectivity index (χ2v) is 7.52. The zero-order valence-corrected chi connectivity index (χ0v) is 13.0. The topological polar surface area (TPSA) is 52.7 Å². The first-order valence-electron chi connectivity index (χ1n) is 7.57. The minimum atomic E-state index is -3.25. The van der Waals surface area contributed by atoms with Crippen molar-refractivity contribution in [1.29, 1.82) is 0 Å². The SMILES string of the molecule is CCNC(C)C1CCCCN1S(=O)(=O)N1CCCC1. The van der Waals surface area contributed by atoms with Crippen molar-refractivity contribution >= 4 is 10.2 Å². The van der Waals surface area contributed by atoms with Crippen LogP contribution in [0.1, 0.15) is 46.0 Å². The van der Waals surface area contributed by atoms with Gasteiger partial charge in [0.05, 0.1) is 0 Å². The van der Waals surface area contributed by atoms with Crippen molar-refractivity contribution in [3.05, 3.63) is 0 Å². The van der Waals surface area contributed by atoms with E-state index in [9.17, 15) is 8.42 Å². The third-order valence-electron chi connectivity index (χ3n) is 4.29. The summed E-state index contributed by atoms with van der Waals surface area (Å²) in [5.74, 6) is 0. The maximum atomic E-state index is 12.7. The highest BCUT2D eigenvalue weighted by atomic mass is 32.2. The minimum Gasteiger partial charge on any atom is -0.313 e. The highest BCUT2D eigenvalue weighted by Crippen LogP contribution is 2.26. The second kappa shape index (κ2) is 6.52. The van der Waals surface area contributed by atoms with Gasteiger partial charge in [0.2, 0.25) is 0 Å². The summed E-state index contributed by atoms with van der Waals surface area (Å²) in [7, 11) is -3.25. The molecule has 1 N–H and O–H groups in total. The third-order valence-corrected chi connectivity index (χ3v) is 6.35. The zero-order valence-electron chi connectivity index (χ0n) is 12.1. The Morgan fingerprint density at radius 2 is 1.79 bits per heavy atom. The summed E-state index contributed by atoms with van der Waals surface area (Å²) in [6, 6.07) is 0.335. The molecule has 0 amide bonds. The van der Waals surface area contributed by atoms with Crippen molar-refractivity contribution in [1.82, 2.24) is 13.9 Å². The molecule has 0 aliphatic carbocycles. The molecule has 112 valence electrons. The van der Waals surface area contributed by atoms with Gasteiger partial charge < -0.3 is 5.32 Å². The normalized spacial score (nSPS) is 28.6.